The second kappa shape index (κ2) is 6.50. The average Bonchev–Trinajstić information content (AvgIpc) is 3.14. The molecule has 4 rings (SSSR count). The summed E-state index contributed by atoms with van der Waals surface area (Å²) in [5.41, 5.74) is 2.83. The highest BCUT2D eigenvalue weighted by molar-refractivity contribution is 6.38. The Hall–Kier alpha value is -3.38. The number of amides is 2. The molecule has 0 atom stereocenters. The number of aliphatic hydroxyl groups excluding tert-OH is 1. The number of fused-ring (bicyclic) bond motifs is 1. The molecular formula is C20H17N3O3. The van der Waals surface area contributed by atoms with Gasteiger partial charge in [-0.25, -0.2) is 0 Å². The van der Waals surface area contributed by atoms with Crippen LogP contribution in [0.4, 0.5) is 5.69 Å². The summed E-state index contributed by atoms with van der Waals surface area (Å²) in [6, 6.07) is 16.9. The van der Waals surface area contributed by atoms with Crippen molar-refractivity contribution in [3.05, 3.63) is 72.1 Å². The van der Waals surface area contributed by atoms with Gasteiger partial charge in [0.15, 0.2) is 0 Å². The molecular weight excluding hydrogens is 330 g/mol. The number of carbonyl (C=O) groups is 2. The van der Waals surface area contributed by atoms with Crippen molar-refractivity contribution in [3.8, 4) is 0 Å². The fourth-order valence-corrected chi connectivity index (χ4v) is 3.24. The molecule has 130 valence electrons. The summed E-state index contributed by atoms with van der Waals surface area (Å²) in [4.78, 5) is 24.9. The third-order valence-electron chi connectivity index (χ3n) is 4.37. The van der Waals surface area contributed by atoms with Gasteiger partial charge in [-0.05, 0) is 18.2 Å². The monoisotopic (exact) mass is 347 g/mol. The lowest BCUT2D eigenvalue weighted by Gasteiger charge is -2.07. The SMILES string of the molecule is O=C1NC(=O)C(c2cn(CCO)c3ccccc23)=C1Nc1ccccc1. The zero-order chi connectivity index (χ0) is 18.1. The minimum absolute atomic E-state index is 0.0165. The highest BCUT2D eigenvalue weighted by atomic mass is 16.3. The zero-order valence-electron chi connectivity index (χ0n) is 13.9. The Morgan fingerprint density at radius 1 is 0.962 bits per heavy atom. The van der Waals surface area contributed by atoms with Crippen LogP contribution in [0.2, 0.25) is 0 Å². The smallest absolute Gasteiger partial charge is 0.275 e. The lowest BCUT2D eigenvalue weighted by Crippen LogP contribution is -2.24. The van der Waals surface area contributed by atoms with Crippen LogP contribution in [0.15, 0.2) is 66.5 Å². The normalized spacial score (nSPS) is 14.2. The lowest BCUT2D eigenvalue weighted by atomic mass is 10.0. The quantitative estimate of drug-likeness (QED) is 0.617. The van der Waals surface area contributed by atoms with E-state index in [0.717, 1.165) is 16.6 Å². The molecule has 0 saturated carbocycles. The first-order chi connectivity index (χ1) is 12.7. The van der Waals surface area contributed by atoms with Gasteiger partial charge in [0.1, 0.15) is 5.70 Å². The van der Waals surface area contributed by atoms with E-state index in [-0.39, 0.29) is 12.3 Å². The molecule has 0 spiro atoms. The predicted molar refractivity (Wildman–Crippen MR) is 99.2 cm³/mol. The maximum atomic E-state index is 12.5. The van der Waals surface area contributed by atoms with Crippen LogP contribution in [-0.2, 0) is 16.1 Å². The molecule has 0 aliphatic carbocycles. The molecule has 1 aliphatic heterocycles. The molecule has 1 aromatic heterocycles. The van der Waals surface area contributed by atoms with Crippen LogP contribution in [0.25, 0.3) is 16.5 Å². The van der Waals surface area contributed by atoms with Gasteiger partial charge in [0.2, 0.25) is 0 Å². The second-order valence-corrected chi connectivity index (χ2v) is 6.00. The summed E-state index contributed by atoms with van der Waals surface area (Å²) in [7, 11) is 0. The van der Waals surface area contributed by atoms with Crippen molar-refractivity contribution < 1.29 is 14.7 Å². The van der Waals surface area contributed by atoms with Gasteiger partial charge in [-0.1, -0.05) is 36.4 Å². The molecule has 2 amide bonds. The van der Waals surface area contributed by atoms with Crippen LogP contribution in [0, 0.1) is 0 Å². The Labute approximate surface area is 149 Å². The number of aromatic nitrogens is 1. The summed E-state index contributed by atoms with van der Waals surface area (Å²) >= 11 is 0. The Morgan fingerprint density at radius 3 is 2.46 bits per heavy atom. The van der Waals surface area contributed by atoms with E-state index in [0.29, 0.717) is 17.7 Å². The number of rotatable bonds is 5. The molecule has 3 aromatic rings. The summed E-state index contributed by atoms with van der Waals surface area (Å²) in [5, 5.41) is 15.6. The van der Waals surface area contributed by atoms with Gasteiger partial charge < -0.3 is 15.0 Å². The Morgan fingerprint density at radius 2 is 1.69 bits per heavy atom. The first-order valence-electron chi connectivity index (χ1n) is 8.30. The van der Waals surface area contributed by atoms with E-state index < -0.39 is 11.8 Å². The van der Waals surface area contributed by atoms with E-state index in [1.807, 2.05) is 59.2 Å². The first kappa shape index (κ1) is 16.1. The largest absolute Gasteiger partial charge is 0.395 e. The van der Waals surface area contributed by atoms with E-state index in [4.69, 9.17) is 0 Å². The van der Waals surface area contributed by atoms with Gasteiger partial charge >= 0.3 is 0 Å². The number of carbonyl (C=O) groups excluding carboxylic acids is 2. The Balaban J connectivity index is 1.90. The van der Waals surface area contributed by atoms with E-state index in [9.17, 15) is 14.7 Å². The highest BCUT2D eigenvalue weighted by Gasteiger charge is 2.33. The van der Waals surface area contributed by atoms with E-state index in [1.54, 1.807) is 6.20 Å². The maximum absolute atomic E-state index is 12.5. The number of hydrogen-bond acceptors (Lipinski definition) is 4. The summed E-state index contributed by atoms with van der Waals surface area (Å²) in [6.45, 7) is 0.391. The van der Waals surface area contributed by atoms with Gasteiger partial charge in [0.05, 0.1) is 12.2 Å². The minimum atomic E-state index is -0.451. The fourth-order valence-electron chi connectivity index (χ4n) is 3.24. The molecule has 2 aromatic carbocycles. The van der Waals surface area contributed by atoms with Crippen LogP contribution in [0.1, 0.15) is 5.56 Å². The van der Waals surface area contributed by atoms with Crippen LogP contribution in [0.5, 0.6) is 0 Å². The molecule has 26 heavy (non-hydrogen) atoms. The molecule has 1 aliphatic rings. The molecule has 0 fully saturated rings. The number of imide groups is 1. The number of nitrogens with one attached hydrogen (secondary N) is 2. The molecule has 3 N–H and O–H groups in total. The van der Waals surface area contributed by atoms with E-state index in [1.165, 1.54) is 0 Å². The molecule has 6 heteroatoms. The molecule has 0 radical (unpaired) electrons. The van der Waals surface area contributed by atoms with Crippen molar-refractivity contribution in [2.45, 2.75) is 6.54 Å². The number of nitrogens with zero attached hydrogens (tertiary/aromatic N) is 1. The van der Waals surface area contributed by atoms with Crippen LogP contribution in [0.3, 0.4) is 0 Å². The van der Waals surface area contributed by atoms with Gasteiger partial charge in [-0.2, -0.15) is 0 Å². The standard InChI is InChI=1S/C20H17N3O3/c24-11-10-23-12-15(14-8-4-5-9-16(14)23)17-18(20(26)22-19(17)25)21-13-6-2-1-3-7-13/h1-9,12,24H,10-11H2,(H2,21,22,25,26). The Bertz CT molecular complexity index is 1030. The third-order valence-corrected chi connectivity index (χ3v) is 4.37. The van der Waals surface area contributed by atoms with E-state index >= 15 is 0 Å². The first-order valence-corrected chi connectivity index (χ1v) is 8.30. The van der Waals surface area contributed by atoms with Crippen LogP contribution < -0.4 is 10.6 Å². The van der Waals surface area contributed by atoms with Crippen LogP contribution in [-0.4, -0.2) is 28.1 Å². The van der Waals surface area contributed by atoms with Crippen molar-refractivity contribution in [3.63, 3.8) is 0 Å². The Kier molecular flexibility index (Phi) is 4.02. The van der Waals surface area contributed by atoms with Gasteiger partial charge in [-0.15, -0.1) is 0 Å². The zero-order valence-corrected chi connectivity index (χ0v) is 13.9. The number of aliphatic hydroxyl groups is 1. The third kappa shape index (κ3) is 2.66. The highest BCUT2D eigenvalue weighted by Crippen LogP contribution is 2.32. The van der Waals surface area contributed by atoms with Gasteiger partial charge in [0, 0.05) is 34.9 Å². The van der Waals surface area contributed by atoms with Crippen molar-refractivity contribution in [2.24, 2.45) is 0 Å². The maximum Gasteiger partial charge on any atom is 0.275 e. The number of benzene rings is 2. The van der Waals surface area contributed by atoms with Crippen molar-refractivity contribution in [1.29, 1.82) is 0 Å². The molecule has 0 saturated heterocycles. The minimum Gasteiger partial charge on any atom is -0.395 e. The molecule has 2 heterocycles. The number of para-hydroxylation sites is 2. The van der Waals surface area contributed by atoms with Gasteiger partial charge in [0.25, 0.3) is 11.8 Å². The lowest BCUT2D eigenvalue weighted by molar-refractivity contribution is -0.123. The second-order valence-electron chi connectivity index (χ2n) is 6.00. The molecule has 6 nitrogen and oxygen atoms in total. The van der Waals surface area contributed by atoms with Gasteiger partial charge in [-0.3, -0.25) is 14.9 Å². The topological polar surface area (TPSA) is 83.4 Å². The van der Waals surface area contributed by atoms with Crippen LogP contribution >= 0.6 is 0 Å². The fraction of sp³-hybridized carbons (Fsp3) is 0.100. The summed E-state index contributed by atoms with van der Waals surface area (Å²) < 4.78 is 1.88. The summed E-state index contributed by atoms with van der Waals surface area (Å²) in [6.07, 6.45) is 1.81. The molecule has 0 bridgehead atoms. The molecule has 0 unspecified atom stereocenters. The van der Waals surface area contributed by atoms with Crippen molar-refractivity contribution >= 4 is 34.0 Å². The number of hydrogen-bond donors (Lipinski definition) is 3. The van der Waals surface area contributed by atoms with E-state index in [2.05, 4.69) is 10.6 Å². The van der Waals surface area contributed by atoms with Crippen molar-refractivity contribution in [1.82, 2.24) is 9.88 Å². The van der Waals surface area contributed by atoms with Crippen molar-refractivity contribution in [2.75, 3.05) is 11.9 Å². The average molecular weight is 347 g/mol. The number of anilines is 1. The predicted octanol–water partition coefficient (Wildman–Crippen LogP) is 2.11. The summed E-state index contributed by atoms with van der Waals surface area (Å²) in [5.74, 6) is -0.881.